The zero-order chi connectivity index (χ0) is 22.2. The number of carbonyl (C=O) groups excluding carboxylic acids is 1. The van der Waals surface area contributed by atoms with Crippen molar-refractivity contribution in [1.29, 1.82) is 0 Å². The van der Waals surface area contributed by atoms with Crippen molar-refractivity contribution < 1.29 is 13.9 Å². The molecule has 2 aromatic rings. The maximum Gasteiger partial charge on any atom is 0.224 e. The number of rotatable bonds is 8. The van der Waals surface area contributed by atoms with Crippen molar-refractivity contribution in [3.8, 4) is 11.5 Å². The zero-order valence-corrected chi connectivity index (χ0v) is 18.9. The molecule has 1 aliphatic rings. The Labute approximate surface area is 188 Å². The first-order valence-corrected chi connectivity index (χ1v) is 11.3. The van der Waals surface area contributed by atoms with Crippen molar-refractivity contribution in [1.82, 2.24) is 15.5 Å². The van der Waals surface area contributed by atoms with E-state index in [0.717, 1.165) is 32.6 Å². The molecular weight excluding hydrogens is 417 g/mol. The third-order valence-corrected chi connectivity index (χ3v) is 5.78. The Kier molecular flexibility index (Phi) is 8.69. The normalized spacial score (nSPS) is 16.5. The summed E-state index contributed by atoms with van der Waals surface area (Å²) < 4.78 is 21.1. The number of hydrogen-bond acceptors (Lipinski definition) is 4. The van der Waals surface area contributed by atoms with E-state index in [1.165, 1.54) is 0 Å². The summed E-state index contributed by atoms with van der Waals surface area (Å²) in [6, 6.07) is 12.0. The summed E-state index contributed by atoms with van der Waals surface area (Å²) in [7, 11) is 0. The van der Waals surface area contributed by atoms with Gasteiger partial charge in [-0.15, -0.1) is 0 Å². The van der Waals surface area contributed by atoms with E-state index in [2.05, 4.69) is 10.6 Å². The lowest BCUT2D eigenvalue weighted by Crippen LogP contribution is -2.39. The standard InChI is InChI=1S/C24H31ClFN3O2/c1-3-21(28-17(2)16-22(30)29-14-7-12-27-13-15-29)19-10-11-20(25)24(23(19)26)31-18-8-5-4-6-9-18/h4-6,8-11,17,21,27-28H,3,7,12-16H2,1-2H3/t17-,21+/m0/s1. The lowest BCUT2D eigenvalue weighted by molar-refractivity contribution is -0.131. The molecule has 0 aliphatic carbocycles. The van der Waals surface area contributed by atoms with Gasteiger partial charge in [0.2, 0.25) is 5.91 Å². The van der Waals surface area contributed by atoms with Crippen molar-refractivity contribution in [2.24, 2.45) is 0 Å². The van der Waals surface area contributed by atoms with Crippen LogP contribution in [-0.4, -0.2) is 43.0 Å². The molecule has 0 radical (unpaired) electrons. The van der Waals surface area contributed by atoms with Crippen molar-refractivity contribution in [3.63, 3.8) is 0 Å². The second-order valence-electron chi connectivity index (χ2n) is 7.91. The van der Waals surface area contributed by atoms with Crippen molar-refractivity contribution in [2.45, 2.75) is 45.2 Å². The van der Waals surface area contributed by atoms with Crippen LogP contribution in [0.25, 0.3) is 0 Å². The molecule has 1 heterocycles. The molecule has 0 aromatic heterocycles. The molecule has 0 bridgehead atoms. The number of carbonyl (C=O) groups is 1. The summed E-state index contributed by atoms with van der Waals surface area (Å²) in [4.78, 5) is 14.6. The number of nitrogens with zero attached hydrogens (tertiary/aromatic N) is 1. The van der Waals surface area contributed by atoms with Gasteiger partial charge >= 0.3 is 0 Å². The molecular formula is C24H31ClFN3O2. The SMILES string of the molecule is CC[C@@H](N[C@@H](C)CC(=O)N1CCCNCC1)c1ccc(Cl)c(Oc2ccccc2)c1F. The van der Waals surface area contributed by atoms with E-state index in [1.54, 1.807) is 24.3 Å². The highest BCUT2D eigenvalue weighted by Gasteiger charge is 2.24. The summed E-state index contributed by atoms with van der Waals surface area (Å²) in [5, 5.41) is 6.95. The molecule has 1 fully saturated rings. The Balaban J connectivity index is 1.69. The maximum absolute atomic E-state index is 15.4. The first-order chi connectivity index (χ1) is 15.0. The quantitative estimate of drug-likeness (QED) is 0.603. The van der Waals surface area contributed by atoms with E-state index in [9.17, 15) is 4.79 Å². The number of halogens is 2. The van der Waals surface area contributed by atoms with Gasteiger partial charge in [0.25, 0.3) is 0 Å². The molecule has 0 spiro atoms. The molecule has 3 rings (SSSR count). The van der Waals surface area contributed by atoms with Gasteiger partial charge in [-0.25, -0.2) is 4.39 Å². The van der Waals surface area contributed by atoms with Gasteiger partial charge in [0.1, 0.15) is 5.75 Å². The van der Waals surface area contributed by atoms with Gasteiger partial charge in [-0.05, 0) is 44.5 Å². The van der Waals surface area contributed by atoms with Crippen molar-refractivity contribution in [3.05, 3.63) is 58.9 Å². The van der Waals surface area contributed by atoms with E-state index in [1.807, 2.05) is 36.9 Å². The van der Waals surface area contributed by atoms with Crippen molar-refractivity contribution >= 4 is 17.5 Å². The number of amides is 1. The van der Waals surface area contributed by atoms with Gasteiger partial charge in [-0.3, -0.25) is 4.79 Å². The summed E-state index contributed by atoms with van der Waals surface area (Å²) in [6.07, 6.45) is 2.00. The van der Waals surface area contributed by atoms with E-state index < -0.39 is 5.82 Å². The summed E-state index contributed by atoms with van der Waals surface area (Å²) in [5.41, 5.74) is 0.483. The van der Waals surface area contributed by atoms with E-state index in [4.69, 9.17) is 16.3 Å². The lowest BCUT2D eigenvalue weighted by Gasteiger charge is -2.26. The maximum atomic E-state index is 15.4. The lowest BCUT2D eigenvalue weighted by atomic mass is 10.0. The molecule has 1 amide bonds. The fourth-order valence-corrected chi connectivity index (χ4v) is 4.02. The number of ether oxygens (including phenoxy) is 1. The largest absolute Gasteiger partial charge is 0.453 e. The van der Waals surface area contributed by atoms with Crippen LogP contribution in [0.2, 0.25) is 5.02 Å². The second kappa shape index (κ2) is 11.5. The highest BCUT2D eigenvalue weighted by atomic mass is 35.5. The molecule has 1 aliphatic heterocycles. The molecule has 1 saturated heterocycles. The minimum Gasteiger partial charge on any atom is -0.453 e. The Bertz CT molecular complexity index is 857. The van der Waals surface area contributed by atoms with Crippen LogP contribution in [0.15, 0.2) is 42.5 Å². The topological polar surface area (TPSA) is 53.6 Å². The highest BCUT2D eigenvalue weighted by molar-refractivity contribution is 6.32. The molecule has 31 heavy (non-hydrogen) atoms. The number of hydrogen-bond donors (Lipinski definition) is 2. The zero-order valence-electron chi connectivity index (χ0n) is 18.2. The van der Waals surface area contributed by atoms with Crippen molar-refractivity contribution in [2.75, 3.05) is 26.2 Å². The van der Waals surface area contributed by atoms with Crippen LogP contribution in [-0.2, 0) is 4.79 Å². The van der Waals surface area contributed by atoms with Gasteiger partial charge in [0.15, 0.2) is 11.6 Å². The predicted molar refractivity (Wildman–Crippen MR) is 122 cm³/mol. The summed E-state index contributed by atoms with van der Waals surface area (Å²) >= 11 is 6.23. The Morgan fingerprint density at radius 1 is 1.23 bits per heavy atom. The third-order valence-electron chi connectivity index (χ3n) is 5.49. The monoisotopic (exact) mass is 447 g/mol. The van der Waals surface area contributed by atoms with Crippen LogP contribution in [0.5, 0.6) is 11.5 Å². The van der Waals surface area contributed by atoms with Crippen LogP contribution in [0.4, 0.5) is 4.39 Å². The van der Waals surface area contributed by atoms with Gasteiger partial charge < -0.3 is 20.3 Å². The van der Waals surface area contributed by atoms with Gasteiger partial charge in [0, 0.05) is 43.7 Å². The Hall–Kier alpha value is -2.15. The minimum absolute atomic E-state index is 0.0198. The first kappa shape index (κ1) is 23.5. The average Bonchev–Trinajstić information content (AvgIpc) is 3.06. The second-order valence-corrected chi connectivity index (χ2v) is 8.32. The van der Waals surface area contributed by atoms with Crippen LogP contribution in [0.1, 0.15) is 44.7 Å². The molecule has 2 N–H and O–H groups in total. The summed E-state index contributed by atoms with van der Waals surface area (Å²) in [5.74, 6) is 0.190. The van der Waals surface area contributed by atoms with Gasteiger partial charge in [-0.1, -0.05) is 42.8 Å². The molecule has 7 heteroatoms. The molecule has 2 aromatic carbocycles. The summed E-state index contributed by atoms with van der Waals surface area (Å²) in [6.45, 7) is 7.23. The van der Waals surface area contributed by atoms with Crippen LogP contribution in [0.3, 0.4) is 0 Å². The van der Waals surface area contributed by atoms with Crippen LogP contribution < -0.4 is 15.4 Å². The van der Waals surface area contributed by atoms with E-state index in [-0.39, 0.29) is 28.8 Å². The highest BCUT2D eigenvalue weighted by Crippen LogP contribution is 2.36. The van der Waals surface area contributed by atoms with Crippen LogP contribution >= 0.6 is 11.6 Å². The Morgan fingerprint density at radius 3 is 2.74 bits per heavy atom. The van der Waals surface area contributed by atoms with E-state index in [0.29, 0.717) is 24.2 Å². The van der Waals surface area contributed by atoms with E-state index >= 15 is 4.39 Å². The smallest absolute Gasteiger partial charge is 0.224 e. The van der Waals surface area contributed by atoms with Gasteiger partial charge in [-0.2, -0.15) is 0 Å². The molecule has 0 unspecified atom stereocenters. The van der Waals surface area contributed by atoms with Crippen LogP contribution in [0, 0.1) is 5.82 Å². The fraction of sp³-hybridized carbons (Fsp3) is 0.458. The molecule has 0 saturated carbocycles. The average molecular weight is 448 g/mol. The molecule has 5 nitrogen and oxygen atoms in total. The number of nitrogens with one attached hydrogen (secondary N) is 2. The Morgan fingerprint density at radius 2 is 2.00 bits per heavy atom. The molecule has 168 valence electrons. The van der Waals surface area contributed by atoms with Gasteiger partial charge in [0.05, 0.1) is 5.02 Å². The number of benzene rings is 2. The number of para-hydroxylation sites is 1. The minimum atomic E-state index is -0.479. The molecule has 2 atom stereocenters. The third kappa shape index (κ3) is 6.42. The first-order valence-electron chi connectivity index (χ1n) is 10.9. The predicted octanol–water partition coefficient (Wildman–Crippen LogP) is 4.91. The fourth-order valence-electron chi connectivity index (χ4n) is 3.83.